The minimum atomic E-state index is -3.00. The molecule has 9 aromatic rings. The molecule has 0 saturated heterocycles. The molecule has 71 heavy (non-hydrogen) atoms. The van der Waals surface area contributed by atoms with E-state index in [1.165, 1.54) is 87.6 Å². The van der Waals surface area contributed by atoms with Crippen LogP contribution in [0.5, 0.6) is 0 Å². The normalized spacial score (nSPS) is 14.3. The van der Waals surface area contributed by atoms with Gasteiger partial charge in [-0.2, -0.15) is 0 Å². The average Bonchev–Trinajstić information content (AvgIpc) is 3.37. The molecule has 0 N–H and O–H groups in total. The molecule has 3 aliphatic rings. The summed E-state index contributed by atoms with van der Waals surface area (Å²) in [6, 6.07) is 81.6. The average molecular weight is 952 g/mol. The van der Waals surface area contributed by atoms with Crippen molar-refractivity contribution in [2.75, 3.05) is 14.7 Å². The Labute approximate surface area is 424 Å². The highest BCUT2D eigenvalue weighted by Crippen LogP contribution is 2.49. The maximum Gasteiger partial charge on any atom is 0.251 e. The van der Waals surface area contributed by atoms with Crippen molar-refractivity contribution in [1.82, 2.24) is 0 Å². The van der Waals surface area contributed by atoms with Crippen molar-refractivity contribution in [3.8, 4) is 0 Å². The van der Waals surface area contributed by atoms with Crippen LogP contribution in [0.1, 0.15) is 52.7 Å². The molecule has 0 unspecified atom stereocenters. The van der Waals surface area contributed by atoms with Gasteiger partial charge in [0.05, 0.1) is 13.8 Å². The Kier molecular flexibility index (Phi) is 10.5. The summed E-state index contributed by atoms with van der Waals surface area (Å²) in [4.78, 5) is 7.77. The first-order chi connectivity index (χ1) is 34.1. The van der Waals surface area contributed by atoms with Crippen LogP contribution in [0, 0.1) is 0 Å². The monoisotopic (exact) mass is 951 g/mol. The van der Waals surface area contributed by atoms with Crippen LogP contribution in [-0.2, 0) is 10.8 Å². The first-order valence-corrected chi connectivity index (χ1v) is 31.0. The predicted molar refractivity (Wildman–Crippen MR) is 313 cm³/mol. The van der Waals surface area contributed by atoms with Gasteiger partial charge in [-0.3, -0.25) is 0 Å². The highest BCUT2D eigenvalue weighted by atomic mass is 28.3. The van der Waals surface area contributed by atoms with Gasteiger partial charge in [-0.25, -0.2) is 0 Å². The predicted octanol–water partition coefficient (Wildman–Crippen LogP) is 12.1. The molecule has 0 bridgehead atoms. The van der Waals surface area contributed by atoms with Crippen molar-refractivity contribution >= 4 is 116 Å². The Morgan fingerprint density at radius 3 is 1.24 bits per heavy atom. The number of hydrogen-bond donors (Lipinski definition) is 0. The van der Waals surface area contributed by atoms with Crippen molar-refractivity contribution in [2.24, 2.45) is 0 Å². The fourth-order valence-electron chi connectivity index (χ4n) is 12.0. The lowest BCUT2D eigenvalue weighted by Crippen LogP contribution is -2.88. The summed E-state index contributed by atoms with van der Waals surface area (Å²) in [5.74, 6) is 0. The third-order valence-electron chi connectivity index (χ3n) is 15.5. The molecule has 0 fully saturated rings. The minimum Gasteiger partial charge on any atom is -0.311 e. The fraction of sp³-hybridized carbons (Fsp3) is 0.169. The summed E-state index contributed by atoms with van der Waals surface area (Å²) < 4.78 is 0. The molecule has 9 aromatic carbocycles. The molecular formula is C65H62BN3Si2. The van der Waals surface area contributed by atoms with Crippen LogP contribution in [0.4, 0.5) is 51.2 Å². The van der Waals surface area contributed by atoms with E-state index >= 15 is 0 Å². The maximum atomic E-state index is 2.68. The zero-order chi connectivity index (χ0) is 49.0. The third kappa shape index (κ3) is 7.12. The van der Waals surface area contributed by atoms with Gasteiger partial charge in [0.1, 0.15) is 0 Å². The van der Waals surface area contributed by atoms with Gasteiger partial charge in [0.25, 0.3) is 6.71 Å². The molecular weight excluding hydrogens is 890 g/mol. The second-order valence-corrected chi connectivity index (χ2v) is 31.8. The van der Waals surface area contributed by atoms with E-state index in [9.17, 15) is 0 Å². The summed E-state index contributed by atoms with van der Waals surface area (Å²) in [6.45, 7) is 21.5. The van der Waals surface area contributed by atoms with Crippen LogP contribution in [0.25, 0.3) is 0 Å². The lowest BCUT2D eigenvalue weighted by atomic mass is 9.33. The van der Waals surface area contributed by atoms with Crippen LogP contribution in [-0.4, -0.2) is 22.9 Å². The fourth-order valence-corrected chi connectivity index (χ4v) is 18.5. The van der Waals surface area contributed by atoms with E-state index in [0.717, 1.165) is 17.1 Å². The second kappa shape index (κ2) is 16.5. The number of anilines is 9. The quantitative estimate of drug-likeness (QED) is 0.141. The maximum absolute atomic E-state index is 3.00. The highest BCUT2D eigenvalue weighted by molar-refractivity contribution is 7.27. The lowest BCUT2D eigenvalue weighted by molar-refractivity contribution is 0.569. The number of para-hydroxylation sites is 2. The topological polar surface area (TPSA) is 9.72 Å². The molecule has 6 heteroatoms. The number of benzene rings is 9. The molecule has 12 rings (SSSR count). The summed E-state index contributed by atoms with van der Waals surface area (Å²) in [5.41, 5.74) is 17.4. The molecule has 0 aromatic heterocycles. The van der Waals surface area contributed by atoms with E-state index in [2.05, 4.69) is 288 Å². The lowest BCUT2D eigenvalue weighted by Gasteiger charge is -2.51. The number of nitrogens with zero attached hydrogens (tertiary/aromatic N) is 3. The molecule has 0 amide bonds. The number of hydrogen-bond acceptors (Lipinski definition) is 3. The largest absolute Gasteiger partial charge is 0.311 e. The SMILES string of the molecule is CC(C)(C)c1cc(N2c3cc(N(c4ccccc4)c4ccccc4)cc4c3B3c5c(cccc5[Si](c5ccccc5)(c5ccccc5)c5cccc2c53)N4c2ccc([Si](C)(C)C)cc2)cc(C(C)(C)C)c1. The van der Waals surface area contributed by atoms with Gasteiger partial charge in [-0.15, -0.1) is 0 Å². The number of rotatable bonds is 8. The molecule has 0 radical (unpaired) electrons. The van der Waals surface area contributed by atoms with E-state index in [1.807, 2.05) is 0 Å². The van der Waals surface area contributed by atoms with E-state index in [0.29, 0.717) is 0 Å². The molecule has 3 aliphatic heterocycles. The van der Waals surface area contributed by atoms with E-state index in [4.69, 9.17) is 0 Å². The molecule has 0 aliphatic carbocycles. The Morgan fingerprint density at radius 2 is 0.817 bits per heavy atom. The van der Waals surface area contributed by atoms with Crippen LogP contribution in [0.15, 0.2) is 212 Å². The van der Waals surface area contributed by atoms with Gasteiger partial charge in [0, 0.05) is 45.5 Å². The Hall–Kier alpha value is -7.12. The second-order valence-electron chi connectivity index (χ2n) is 23.0. The van der Waals surface area contributed by atoms with Crippen LogP contribution in [0.3, 0.4) is 0 Å². The Bertz CT molecular complexity index is 3370. The van der Waals surface area contributed by atoms with Gasteiger partial charge >= 0.3 is 0 Å². The van der Waals surface area contributed by atoms with E-state index in [1.54, 1.807) is 0 Å². The minimum absolute atomic E-state index is 0.0111. The van der Waals surface area contributed by atoms with Gasteiger partial charge in [0.15, 0.2) is 8.07 Å². The molecule has 0 spiro atoms. The van der Waals surface area contributed by atoms with Crippen molar-refractivity contribution in [2.45, 2.75) is 72.0 Å². The van der Waals surface area contributed by atoms with E-state index < -0.39 is 16.1 Å². The van der Waals surface area contributed by atoms with Gasteiger partial charge in [-0.1, -0.05) is 206 Å². The molecule has 0 atom stereocenters. The summed E-state index contributed by atoms with van der Waals surface area (Å²) >= 11 is 0. The zero-order valence-corrected chi connectivity index (χ0v) is 44.6. The first kappa shape index (κ1) is 45.0. The van der Waals surface area contributed by atoms with Gasteiger partial charge in [0.2, 0.25) is 0 Å². The standard InChI is InChI=1S/C65H62BN3Si2/c1-64(2,3)45-40-46(65(4,5)6)42-50(41-45)69-56-33-23-35-60-63(56)66-61-57(43-51(44-58(61)69)67(47-24-14-10-15-25-47)48-26-16-11-17-27-48)68(49-36-38-52(39-37-49)70(7,8)9)55-32-22-34-59(62(55)66)71(60,53-28-18-12-19-29-53)54-30-20-13-21-31-54/h10-44H,1-9H3. The Balaban J connectivity index is 1.28. The Morgan fingerprint density at radius 1 is 0.394 bits per heavy atom. The molecule has 3 nitrogen and oxygen atoms in total. The van der Waals surface area contributed by atoms with Gasteiger partial charge in [-0.05, 0) is 132 Å². The third-order valence-corrected chi connectivity index (χ3v) is 22.5. The summed E-state index contributed by atoms with van der Waals surface area (Å²) in [6.07, 6.45) is 0. The van der Waals surface area contributed by atoms with Crippen LogP contribution < -0.4 is 57.0 Å². The van der Waals surface area contributed by atoms with Gasteiger partial charge < -0.3 is 14.7 Å². The highest BCUT2D eigenvalue weighted by Gasteiger charge is 2.56. The van der Waals surface area contributed by atoms with Crippen molar-refractivity contribution in [3.63, 3.8) is 0 Å². The van der Waals surface area contributed by atoms with Crippen LogP contribution >= 0.6 is 0 Å². The van der Waals surface area contributed by atoms with Crippen molar-refractivity contribution in [1.29, 1.82) is 0 Å². The molecule has 0 saturated carbocycles. The smallest absolute Gasteiger partial charge is 0.251 e. The van der Waals surface area contributed by atoms with Crippen molar-refractivity contribution < 1.29 is 0 Å². The zero-order valence-electron chi connectivity index (χ0n) is 42.6. The summed E-state index contributed by atoms with van der Waals surface area (Å²) in [5, 5.41) is 7.21. The van der Waals surface area contributed by atoms with Crippen molar-refractivity contribution in [3.05, 3.63) is 223 Å². The molecule has 3 heterocycles. The first-order valence-electron chi connectivity index (χ1n) is 25.5. The molecule has 348 valence electrons. The van der Waals surface area contributed by atoms with Crippen LogP contribution in [0.2, 0.25) is 19.6 Å². The van der Waals surface area contributed by atoms with E-state index in [-0.39, 0.29) is 17.5 Å². The summed E-state index contributed by atoms with van der Waals surface area (Å²) in [7, 11) is -4.61.